The fourth-order valence-corrected chi connectivity index (χ4v) is 10.4. The lowest BCUT2D eigenvalue weighted by atomic mass is 9.91. The van der Waals surface area contributed by atoms with E-state index in [0.29, 0.717) is 63.9 Å². The average Bonchev–Trinajstić information content (AvgIpc) is 4.27. The first-order valence-electron chi connectivity index (χ1n) is 28.5. The number of nitrogens with zero attached hydrogens (tertiary/aromatic N) is 6. The summed E-state index contributed by atoms with van der Waals surface area (Å²) in [6.45, 7) is 20.6. The maximum Gasteiger partial charge on any atom is 0.255 e. The zero-order chi connectivity index (χ0) is 61.0. The largest absolute Gasteiger partial charge is 0.391 e. The molecule has 0 saturated carbocycles. The number of thiazole rings is 2. The Morgan fingerprint density at radius 1 is 0.824 bits per heavy atom. The van der Waals surface area contributed by atoms with E-state index in [1.54, 1.807) is 28.6 Å². The van der Waals surface area contributed by atoms with Gasteiger partial charge < -0.3 is 49.8 Å². The predicted molar refractivity (Wildman–Crippen MR) is 329 cm³/mol. The number of amides is 5. The van der Waals surface area contributed by atoms with Gasteiger partial charge in [0.2, 0.25) is 24.1 Å². The van der Waals surface area contributed by atoms with Crippen LogP contribution in [0.4, 0.5) is 21.0 Å². The van der Waals surface area contributed by atoms with Crippen molar-refractivity contribution in [1.29, 1.82) is 0 Å². The Hall–Kier alpha value is -7.09. The van der Waals surface area contributed by atoms with Gasteiger partial charge in [0.15, 0.2) is 5.13 Å². The Morgan fingerprint density at radius 3 is 2.11 bits per heavy atom. The standard InChI is InChI=1S/C28H28N6O2S.C22H29N3O3S.C12H24FNO5/c1-20-4-9-24(15-25(20)31-28-32-26(18-37-28)23-3-2-10-29-16-23)30-27(36)22-7-5-21(6-8-22)17-33-11-13-34(19-35)14-12-33;1-14-20(29-13-24-14)16-7-5-15(6-8-16)11-23-21(28)18-9-17(26)12-25(18)19(27)10-22(2,3)4;1-2-4-16-6-8-18-10-11-19-9-7-17-5-3-12(15)14-13/h2-10,15-16,18-19H,11-14,17H2,1H3,(H,30,36)(H,31,32);5-8,13,17-18,26H,9-12H2,1-4H3,(H,23,28);2-11H2,1H3,(H,14,15)/t;17?,18-;/m.0./s1. The average molecular weight is 1210 g/mol. The lowest BCUT2D eigenvalue weighted by molar-refractivity contribution is -0.140. The lowest BCUT2D eigenvalue weighted by Gasteiger charge is -2.32. The molecular formula is C62H81FN10O10S2. The minimum atomic E-state index is -0.681. The second kappa shape index (κ2) is 35.4. The van der Waals surface area contributed by atoms with E-state index < -0.39 is 18.1 Å². The number of aryl methyl sites for hydroxylation is 2. The summed E-state index contributed by atoms with van der Waals surface area (Å²) >= 11 is 3.13. The van der Waals surface area contributed by atoms with Crippen LogP contribution in [0.3, 0.4) is 0 Å². The quantitative estimate of drug-likeness (QED) is 0.0184. The van der Waals surface area contributed by atoms with Crippen molar-refractivity contribution >= 4 is 69.2 Å². The highest BCUT2D eigenvalue weighted by molar-refractivity contribution is 7.14. The molecule has 3 aromatic carbocycles. The lowest BCUT2D eigenvalue weighted by Crippen LogP contribution is -2.46. The molecule has 3 aromatic heterocycles. The van der Waals surface area contributed by atoms with Gasteiger partial charge in [0.05, 0.1) is 80.5 Å². The highest BCUT2D eigenvalue weighted by Crippen LogP contribution is 2.31. The number of benzene rings is 3. The minimum absolute atomic E-state index is 0.0113. The van der Waals surface area contributed by atoms with Crippen molar-refractivity contribution in [2.75, 3.05) is 96.2 Å². The number of ether oxygens (including phenoxy) is 4. The topological polar surface area (TPSA) is 239 Å². The molecule has 5 N–H and O–H groups in total. The number of carbonyl (C=O) groups is 5. The molecule has 2 saturated heterocycles. The van der Waals surface area contributed by atoms with Crippen LogP contribution in [-0.4, -0.2) is 163 Å². The number of aliphatic hydroxyl groups excluding tert-OH is 1. The van der Waals surface area contributed by atoms with Crippen molar-refractivity contribution in [2.24, 2.45) is 5.41 Å². The van der Waals surface area contributed by atoms with E-state index in [1.165, 1.54) is 16.2 Å². The molecule has 5 heterocycles. The zero-order valence-corrected chi connectivity index (χ0v) is 51.1. The van der Waals surface area contributed by atoms with Crippen LogP contribution in [0.2, 0.25) is 0 Å². The van der Waals surface area contributed by atoms with Gasteiger partial charge in [0, 0.05) is 106 Å². The van der Waals surface area contributed by atoms with Crippen molar-refractivity contribution in [2.45, 2.75) is 92.5 Å². The van der Waals surface area contributed by atoms with E-state index in [4.69, 9.17) is 18.9 Å². The molecule has 0 spiro atoms. The number of nitrogens with one attached hydrogen (secondary N) is 4. The van der Waals surface area contributed by atoms with Crippen molar-refractivity contribution < 1.29 is 52.5 Å². The van der Waals surface area contributed by atoms with Gasteiger partial charge in [0.1, 0.15) is 6.04 Å². The highest BCUT2D eigenvalue weighted by atomic mass is 32.1. The summed E-state index contributed by atoms with van der Waals surface area (Å²) in [6.07, 6.45) is 5.45. The number of rotatable bonds is 27. The third kappa shape index (κ3) is 23.4. The second-order valence-electron chi connectivity index (χ2n) is 21.6. The number of anilines is 3. The third-order valence-electron chi connectivity index (χ3n) is 13.4. The summed E-state index contributed by atoms with van der Waals surface area (Å²) in [6, 6.07) is 24.8. The van der Waals surface area contributed by atoms with Gasteiger partial charge in [-0.05, 0) is 84.3 Å². The Kier molecular flexibility index (Phi) is 27.9. The van der Waals surface area contributed by atoms with Gasteiger partial charge in [0.25, 0.3) is 5.91 Å². The molecule has 2 aliphatic rings. The first kappa shape index (κ1) is 67.0. The maximum absolute atomic E-state index is 12.9. The fraction of sp³-hybridized carbons (Fsp3) is 0.452. The van der Waals surface area contributed by atoms with Crippen LogP contribution in [0.1, 0.15) is 86.1 Å². The smallest absolute Gasteiger partial charge is 0.255 e. The van der Waals surface area contributed by atoms with Gasteiger partial charge >= 0.3 is 0 Å². The van der Waals surface area contributed by atoms with E-state index in [2.05, 4.69) is 42.7 Å². The molecule has 5 amide bonds. The number of hydrogen-bond donors (Lipinski definition) is 5. The normalized spacial score (nSPS) is 15.0. The molecule has 458 valence electrons. The minimum Gasteiger partial charge on any atom is -0.391 e. The molecule has 20 nitrogen and oxygen atoms in total. The molecule has 1 unspecified atom stereocenters. The number of hydrogen-bond acceptors (Lipinski definition) is 17. The first-order chi connectivity index (χ1) is 41.0. The van der Waals surface area contributed by atoms with E-state index in [-0.39, 0.29) is 49.1 Å². The summed E-state index contributed by atoms with van der Waals surface area (Å²) in [4.78, 5) is 79.5. The number of aliphatic hydroxyl groups is 1. The predicted octanol–water partition coefficient (Wildman–Crippen LogP) is 8.77. The van der Waals surface area contributed by atoms with Crippen LogP contribution in [0.15, 0.2) is 102 Å². The molecule has 8 rings (SSSR count). The molecule has 0 radical (unpaired) electrons. The van der Waals surface area contributed by atoms with E-state index in [1.807, 2.05) is 124 Å². The summed E-state index contributed by atoms with van der Waals surface area (Å²) in [5, 5.41) is 22.1. The fourth-order valence-electron chi connectivity index (χ4n) is 8.85. The zero-order valence-electron chi connectivity index (χ0n) is 49.5. The van der Waals surface area contributed by atoms with Gasteiger partial charge in [-0.15, -0.1) is 27.2 Å². The van der Waals surface area contributed by atoms with Crippen molar-refractivity contribution in [3.63, 3.8) is 0 Å². The molecule has 23 heteroatoms. The highest BCUT2D eigenvalue weighted by Gasteiger charge is 2.39. The van der Waals surface area contributed by atoms with Crippen molar-refractivity contribution in [3.05, 3.63) is 130 Å². The van der Waals surface area contributed by atoms with Crippen molar-refractivity contribution in [1.82, 2.24) is 40.5 Å². The molecule has 0 bridgehead atoms. The maximum atomic E-state index is 12.9. The molecule has 0 aliphatic carbocycles. The Morgan fingerprint density at radius 2 is 1.49 bits per heavy atom. The van der Waals surface area contributed by atoms with Crippen LogP contribution in [-0.2, 0) is 51.2 Å². The van der Waals surface area contributed by atoms with Crippen LogP contribution < -0.4 is 21.5 Å². The Balaban J connectivity index is 0.000000216. The third-order valence-corrected chi connectivity index (χ3v) is 15.2. The summed E-state index contributed by atoms with van der Waals surface area (Å²) in [5.41, 5.74) is 12.0. The van der Waals surface area contributed by atoms with Crippen LogP contribution in [0, 0.1) is 19.3 Å². The summed E-state index contributed by atoms with van der Waals surface area (Å²) in [7, 11) is 0. The summed E-state index contributed by atoms with van der Waals surface area (Å²) < 4.78 is 32.3. The second-order valence-corrected chi connectivity index (χ2v) is 23.3. The number of β-amino-alcohol motifs (C(OH)–C–C–N with tert-alkyl or cyclic N) is 1. The monoisotopic (exact) mass is 1210 g/mol. The molecule has 2 atom stereocenters. The summed E-state index contributed by atoms with van der Waals surface area (Å²) in [5.74, 6) is -1.14. The van der Waals surface area contributed by atoms with Gasteiger partial charge in [-0.2, -0.15) is 5.54 Å². The molecule has 85 heavy (non-hydrogen) atoms. The number of likely N-dealkylation sites (tertiary alicyclic amines) is 1. The van der Waals surface area contributed by atoms with Crippen LogP contribution >= 0.6 is 22.7 Å². The van der Waals surface area contributed by atoms with Crippen molar-refractivity contribution in [3.8, 4) is 21.7 Å². The molecule has 6 aromatic rings. The number of aromatic nitrogens is 3. The SMILES string of the molecule is CCCOCCOCCOCCOCCC(=O)NF.Cc1ccc(NC(=O)c2ccc(CN3CCN(C=O)CC3)cc2)cc1Nc1nc(-c2cccnc2)cs1.Cc1ncsc1-c1ccc(CNC(=O)[C@@H]2CC(O)CN2C(=O)CC(C)(C)C)cc1. The molecule has 2 fully saturated rings. The Labute approximate surface area is 505 Å². The molecule has 2 aliphatic heterocycles. The van der Waals surface area contributed by atoms with Gasteiger partial charge in [-0.25, -0.2) is 9.97 Å². The van der Waals surface area contributed by atoms with E-state index >= 15 is 0 Å². The molecular weight excluding hydrogens is 1130 g/mol. The number of pyridine rings is 1. The number of piperazine rings is 1. The van der Waals surface area contributed by atoms with E-state index in [9.17, 15) is 33.6 Å². The van der Waals surface area contributed by atoms with Crippen LogP contribution in [0.5, 0.6) is 0 Å². The van der Waals surface area contributed by atoms with Gasteiger partial charge in [-0.1, -0.05) is 70.2 Å². The van der Waals surface area contributed by atoms with Crippen LogP contribution in [0.25, 0.3) is 21.7 Å². The number of halogens is 1. The van der Waals surface area contributed by atoms with E-state index in [0.717, 1.165) is 113 Å². The first-order valence-corrected chi connectivity index (χ1v) is 30.3. The Bertz CT molecular complexity index is 2990. The number of carbonyl (C=O) groups excluding carboxylic acids is 5. The van der Waals surface area contributed by atoms with Gasteiger partial charge in [-0.3, -0.25) is 33.9 Å².